The van der Waals surface area contributed by atoms with Gasteiger partial charge in [-0.15, -0.1) is 23.1 Å². The van der Waals surface area contributed by atoms with Crippen molar-refractivity contribution in [3.8, 4) is 0 Å². The molecule has 0 amide bonds. The van der Waals surface area contributed by atoms with Crippen molar-refractivity contribution in [1.82, 2.24) is 0 Å². The monoisotopic (exact) mass is 219 g/mol. The van der Waals surface area contributed by atoms with Crippen molar-refractivity contribution in [2.75, 3.05) is 6.54 Å². The summed E-state index contributed by atoms with van der Waals surface area (Å²) in [5.41, 5.74) is 5.67. The maximum Gasteiger partial charge on any atom is 0.0940 e. The molecule has 1 aromatic rings. The van der Waals surface area contributed by atoms with Crippen LogP contribution in [-0.2, 0) is 0 Å². The first-order valence-corrected chi connectivity index (χ1v) is 5.90. The maximum atomic E-state index is 5.83. The molecular formula is C8H10ClNS2. The number of rotatable bonds is 3. The summed E-state index contributed by atoms with van der Waals surface area (Å²) in [6.45, 7) is 0.785. The van der Waals surface area contributed by atoms with Gasteiger partial charge in [-0.3, -0.25) is 0 Å². The van der Waals surface area contributed by atoms with Gasteiger partial charge in [0.25, 0.3) is 0 Å². The number of halogens is 1. The van der Waals surface area contributed by atoms with E-state index in [1.54, 1.807) is 11.3 Å². The number of hydrogen-bond acceptors (Lipinski definition) is 3. The topological polar surface area (TPSA) is 26.0 Å². The quantitative estimate of drug-likeness (QED) is 0.846. The highest BCUT2D eigenvalue weighted by molar-refractivity contribution is 8.02. The first-order valence-electron chi connectivity index (χ1n) is 3.89. The summed E-state index contributed by atoms with van der Waals surface area (Å²) in [4.78, 5) is 0. The Bertz CT molecular complexity index is 280. The summed E-state index contributed by atoms with van der Waals surface area (Å²) in [5.74, 6) is 0. The molecule has 0 saturated heterocycles. The van der Waals surface area contributed by atoms with Gasteiger partial charge in [0.05, 0.1) is 8.55 Å². The van der Waals surface area contributed by atoms with Gasteiger partial charge in [0.1, 0.15) is 0 Å². The normalized spacial score (nSPS) is 19.5. The fraction of sp³-hybridized carbons (Fsp3) is 0.500. The summed E-state index contributed by atoms with van der Waals surface area (Å²) in [5, 5.41) is 0. The third kappa shape index (κ3) is 1.79. The van der Waals surface area contributed by atoms with Crippen molar-refractivity contribution < 1.29 is 0 Å². The maximum absolute atomic E-state index is 5.83. The van der Waals surface area contributed by atoms with Crippen molar-refractivity contribution in [3.63, 3.8) is 0 Å². The van der Waals surface area contributed by atoms with Crippen LogP contribution < -0.4 is 5.73 Å². The standard InChI is InChI=1S/C8H10ClNS2/c9-6-1-2-7(11-6)12-8(5-10)3-4-8/h1-2H,3-5,10H2. The predicted molar refractivity (Wildman–Crippen MR) is 56.2 cm³/mol. The minimum Gasteiger partial charge on any atom is -0.329 e. The van der Waals surface area contributed by atoms with Crippen LogP contribution in [0.3, 0.4) is 0 Å². The van der Waals surface area contributed by atoms with Gasteiger partial charge < -0.3 is 5.73 Å². The van der Waals surface area contributed by atoms with Crippen LogP contribution in [0.25, 0.3) is 0 Å². The van der Waals surface area contributed by atoms with Gasteiger partial charge in [-0.2, -0.15) is 0 Å². The summed E-state index contributed by atoms with van der Waals surface area (Å²) in [6.07, 6.45) is 2.51. The van der Waals surface area contributed by atoms with E-state index in [2.05, 4.69) is 6.07 Å². The highest BCUT2D eigenvalue weighted by Crippen LogP contribution is 2.52. The average molecular weight is 220 g/mol. The molecule has 0 spiro atoms. The second-order valence-corrected chi connectivity index (χ2v) is 6.53. The fourth-order valence-electron chi connectivity index (χ4n) is 1.05. The first kappa shape index (κ1) is 8.88. The second-order valence-electron chi connectivity index (χ2n) is 3.05. The summed E-state index contributed by atoms with van der Waals surface area (Å²) >= 11 is 9.36. The first-order chi connectivity index (χ1) is 5.74. The molecule has 12 heavy (non-hydrogen) atoms. The molecule has 66 valence electrons. The largest absolute Gasteiger partial charge is 0.329 e. The van der Waals surface area contributed by atoms with Crippen molar-refractivity contribution in [2.24, 2.45) is 5.73 Å². The van der Waals surface area contributed by atoms with Crippen LogP contribution in [0.1, 0.15) is 12.8 Å². The number of thioether (sulfide) groups is 1. The third-order valence-electron chi connectivity index (χ3n) is 2.05. The molecule has 0 bridgehead atoms. The SMILES string of the molecule is NCC1(Sc2ccc(Cl)s2)CC1. The van der Waals surface area contributed by atoms with Gasteiger partial charge in [0, 0.05) is 11.3 Å². The van der Waals surface area contributed by atoms with Gasteiger partial charge in [0.15, 0.2) is 0 Å². The van der Waals surface area contributed by atoms with E-state index in [0.29, 0.717) is 4.75 Å². The van der Waals surface area contributed by atoms with Crippen LogP contribution in [0.15, 0.2) is 16.3 Å². The highest BCUT2D eigenvalue weighted by atomic mass is 35.5. The Kier molecular flexibility index (Phi) is 2.38. The molecule has 0 aliphatic heterocycles. The van der Waals surface area contributed by atoms with Gasteiger partial charge in [-0.1, -0.05) is 11.6 Å². The lowest BCUT2D eigenvalue weighted by Gasteiger charge is -2.08. The van der Waals surface area contributed by atoms with E-state index in [-0.39, 0.29) is 0 Å². The fourth-order valence-corrected chi connectivity index (χ4v) is 3.89. The molecular weight excluding hydrogens is 210 g/mol. The van der Waals surface area contributed by atoms with Crippen molar-refractivity contribution >= 4 is 34.7 Å². The van der Waals surface area contributed by atoms with Crippen LogP contribution >= 0.6 is 34.7 Å². The van der Waals surface area contributed by atoms with E-state index in [0.717, 1.165) is 10.9 Å². The van der Waals surface area contributed by atoms with Crippen LogP contribution in [0.4, 0.5) is 0 Å². The zero-order chi connectivity index (χ0) is 8.60. The minimum atomic E-state index is 0.355. The van der Waals surface area contributed by atoms with Gasteiger partial charge in [-0.05, 0) is 25.0 Å². The second kappa shape index (κ2) is 3.22. The molecule has 1 aliphatic rings. The molecule has 0 radical (unpaired) electrons. The van der Waals surface area contributed by atoms with E-state index >= 15 is 0 Å². The van der Waals surface area contributed by atoms with Crippen LogP contribution in [-0.4, -0.2) is 11.3 Å². The summed E-state index contributed by atoms with van der Waals surface area (Å²) in [7, 11) is 0. The minimum absolute atomic E-state index is 0.355. The van der Waals surface area contributed by atoms with E-state index in [9.17, 15) is 0 Å². The van der Waals surface area contributed by atoms with Gasteiger partial charge in [-0.25, -0.2) is 0 Å². The van der Waals surface area contributed by atoms with Gasteiger partial charge >= 0.3 is 0 Å². The van der Waals surface area contributed by atoms with E-state index < -0.39 is 0 Å². The van der Waals surface area contributed by atoms with Crippen LogP contribution in [0.5, 0.6) is 0 Å². The molecule has 1 fully saturated rings. The Balaban J connectivity index is 2.04. The number of hydrogen-bond donors (Lipinski definition) is 1. The Hall–Kier alpha value is 0.300. The molecule has 0 unspecified atom stereocenters. The molecule has 1 aliphatic carbocycles. The van der Waals surface area contributed by atoms with E-state index in [1.807, 2.05) is 17.8 Å². The average Bonchev–Trinajstić information content (AvgIpc) is 2.71. The Morgan fingerprint density at radius 1 is 1.58 bits per heavy atom. The van der Waals surface area contributed by atoms with Crippen LogP contribution in [0, 0.1) is 0 Å². The van der Waals surface area contributed by atoms with E-state index in [4.69, 9.17) is 17.3 Å². The Morgan fingerprint density at radius 3 is 2.75 bits per heavy atom. The van der Waals surface area contributed by atoms with Crippen molar-refractivity contribution in [3.05, 3.63) is 16.5 Å². The molecule has 0 aromatic carbocycles. The highest BCUT2D eigenvalue weighted by Gasteiger charge is 2.42. The van der Waals surface area contributed by atoms with E-state index in [1.165, 1.54) is 17.1 Å². The molecule has 0 atom stereocenters. The lowest BCUT2D eigenvalue weighted by Crippen LogP contribution is -2.17. The lowest BCUT2D eigenvalue weighted by molar-refractivity contribution is 0.901. The van der Waals surface area contributed by atoms with Crippen LogP contribution in [0.2, 0.25) is 4.34 Å². The molecule has 1 aromatic heterocycles. The Labute approximate surface area is 85.3 Å². The molecule has 2 N–H and O–H groups in total. The van der Waals surface area contributed by atoms with Crippen molar-refractivity contribution in [1.29, 1.82) is 0 Å². The molecule has 4 heteroatoms. The molecule has 2 rings (SSSR count). The molecule has 1 heterocycles. The lowest BCUT2D eigenvalue weighted by atomic mass is 10.4. The van der Waals surface area contributed by atoms with Crippen molar-refractivity contribution in [2.45, 2.75) is 21.8 Å². The smallest absolute Gasteiger partial charge is 0.0940 e. The van der Waals surface area contributed by atoms with Gasteiger partial charge in [0.2, 0.25) is 0 Å². The third-order valence-corrected chi connectivity index (χ3v) is 4.92. The summed E-state index contributed by atoms with van der Waals surface area (Å²) < 4.78 is 2.52. The number of thiophene rings is 1. The zero-order valence-corrected chi connectivity index (χ0v) is 8.94. The zero-order valence-electron chi connectivity index (χ0n) is 6.55. The number of nitrogens with two attached hydrogens (primary N) is 1. The molecule has 1 saturated carbocycles. The predicted octanol–water partition coefficient (Wildman–Crippen LogP) is 2.98. The summed E-state index contributed by atoms with van der Waals surface area (Å²) in [6, 6.07) is 4.02. The Morgan fingerprint density at radius 2 is 2.33 bits per heavy atom. The molecule has 1 nitrogen and oxygen atoms in total.